The van der Waals surface area contributed by atoms with Crippen LogP contribution in [0.3, 0.4) is 0 Å². The second kappa shape index (κ2) is 9.93. The number of alkyl halides is 3. The minimum absolute atomic E-state index is 0.0306. The van der Waals surface area contributed by atoms with Crippen LogP contribution in [0.25, 0.3) is 0 Å². The second-order valence-electron chi connectivity index (χ2n) is 7.07. The molecular formula is C20H16F3N5O4S2. The highest BCUT2D eigenvalue weighted by Gasteiger charge is 2.40. The molecule has 14 heteroatoms. The monoisotopic (exact) mass is 511 g/mol. The topological polar surface area (TPSA) is 116 Å². The first-order valence-electron chi connectivity index (χ1n) is 9.75. The van der Waals surface area contributed by atoms with Gasteiger partial charge in [0.05, 0.1) is 24.1 Å². The van der Waals surface area contributed by atoms with Crippen LogP contribution in [0.15, 0.2) is 57.3 Å². The molecule has 2 N–H and O–H groups in total. The standard InChI is InChI=1S/C20H16F3N5O4S2/c21-20(22,23)11-3-1-4-12(7-11)24-15(29)8-14-17(31)28(9-13-5-2-6-32-13)19(34-14)27-26-18-25-16(30)10-33-18/h1-7,14H,8-10H2,(H,24,29)(H,25,26,30). The molecule has 2 aliphatic rings. The van der Waals surface area contributed by atoms with Gasteiger partial charge in [-0.05, 0) is 30.3 Å². The molecule has 1 aromatic carbocycles. The number of thioether (sulfide) groups is 2. The van der Waals surface area contributed by atoms with Gasteiger partial charge in [-0.3, -0.25) is 19.3 Å². The molecule has 1 unspecified atom stereocenters. The van der Waals surface area contributed by atoms with Gasteiger partial charge in [0.15, 0.2) is 10.3 Å². The smallest absolute Gasteiger partial charge is 0.416 e. The van der Waals surface area contributed by atoms with Gasteiger partial charge in [-0.25, -0.2) is 0 Å². The summed E-state index contributed by atoms with van der Waals surface area (Å²) in [6.45, 7) is 0.0494. The zero-order chi connectivity index (χ0) is 24.3. The minimum atomic E-state index is -4.55. The van der Waals surface area contributed by atoms with E-state index in [9.17, 15) is 27.6 Å². The lowest BCUT2D eigenvalue weighted by Gasteiger charge is -2.14. The van der Waals surface area contributed by atoms with Crippen LogP contribution in [-0.2, 0) is 27.1 Å². The first-order valence-corrected chi connectivity index (χ1v) is 11.6. The zero-order valence-electron chi connectivity index (χ0n) is 17.2. The largest absolute Gasteiger partial charge is 0.467 e. The fourth-order valence-electron chi connectivity index (χ4n) is 3.04. The van der Waals surface area contributed by atoms with Crippen molar-refractivity contribution in [2.45, 2.75) is 24.4 Å². The van der Waals surface area contributed by atoms with E-state index in [1.54, 1.807) is 12.1 Å². The van der Waals surface area contributed by atoms with Gasteiger partial charge in [-0.1, -0.05) is 29.6 Å². The van der Waals surface area contributed by atoms with Gasteiger partial charge in [0.2, 0.25) is 17.7 Å². The third kappa shape index (κ3) is 5.80. The maximum atomic E-state index is 13.0. The predicted molar refractivity (Wildman–Crippen MR) is 121 cm³/mol. The molecule has 2 aromatic rings. The number of nitrogens with one attached hydrogen (secondary N) is 2. The summed E-state index contributed by atoms with van der Waals surface area (Å²) in [5, 5.41) is 12.6. The quantitative estimate of drug-likeness (QED) is 0.575. The van der Waals surface area contributed by atoms with E-state index in [2.05, 4.69) is 20.8 Å². The van der Waals surface area contributed by atoms with Crippen molar-refractivity contribution < 1.29 is 32.0 Å². The summed E-state index contributed by atoms with van der Waals surface area (Å²) in [6.07, 6.45) is -3.39. The summed E-state index contributed by atoms with van der Waals surface area (Å²) in [5.41, 5.74) is -0.927. The van der Waals surface area contributed by atoms with Crippen molar-refractivity contribution in [1.82, 2.24) is 10.2 Å². The van der Waals surface area contributed by atoms with Gasteiger partial charge in [0.1, 0.15) is 11.0 Å². The Morgan fingerprint density at radius 3 is 2.74 bits per heavy atom. The van der Waals surface area contributed by atoms with Crippen LogP contribution in [-0.4, -0.2) is 44.0 Å². The zero-order valence-corrected chi connectivity index (χ0v) is 18.8. The van der Waals surface area contributed by atoms with Crippen LogP contribution in [0.1, 0.15) is 17.7 Å². The third-order valence-electron chi connectivity index (χ3n) is 4.57. The van der Waals surface area contributed by atoms with Gasteiger partial charge >= 0.3 is 6.18 Å². The summed E-state index contributed by atoms with van der Waals surface area (Å²) in [5.74, 6) is -0.580. The molecule has 2 fully saturated rings. The molecule has 2 saturated heterocycles. The Morgan fingerprint density at radius 1 is 1.24 bits per heavy atom. The fraction of sp³-hybridized carbons (Fsp3) is 0.250. The average molecular weight is 512 g/mol. The maximum absolute atomic E-state index is 13.0. The molecule has 1 atom stereocenters. The highest BCUT2D eigenvalue weighted by atomic mass is 32.2. The van der Waals surface area contributed by atoms with E-state index >= 15 is 0 Å². The summed E-state index contributed by atoms with van der Waals surface area (Å²) >= 11 is 2.16. The summed E-state index contributed by atoms with van der Waals surface area (Å²) in [4.78, 5) is 38.1. The molecule has 3 amide bonds. The molecule has 0 radical (unpaired) electrons. The predicted octanol–water partition coefficient (Wildman–Crippen LogP) is 3.26. The number of hydrogen-bond donors (Lipinski definition) is 2. The van der Waals surface area contributed by atoms with E-state index in [1.807, 2.05) is 0 Å². The summed E-state index contributed by atoms with van der Waals surface area (Å²) in [6, 6.07) is 7.56. The number of amidine groups is 2. The number of anilines is 1. The van der Waals surface area contributed by atoms with Crippen LogP contribution in [0, 0.1) is 0 Å². The SMILES string of the molecule is O=C1CSC(=NN=C2SC(CC(=O)Nc3cccc(C(F)(F)F)c3)C(=O)N2Cc2ccco2)N1. The van der Waals surface area contributed by atoms with Gasteiger partial charge in [0.25, 0.3) is 0 Å². The molecule has 3 heterocycles. The van der Waals surface area contributed by atoms with Crippen molar-refractivity contribution in [3.05, 3.63) is 54.0 Å². The Bertz CT molecular complexity index is 1170. The van der Waals surface area contributed by atoms with Crippen molar-refractivity contribution >= 4 is 57.3 Å². The van der Waals surface area contributed by atoms with E-state index in [-0.39, 0.29) is 40.6 Å². The number of furan rings is 1. The first kappa shape index (κ1) is 23.9. The van der Waals surface area contributed by atoms with Crippen molar-refractivity contribution in [2.24, 2.45) is 10.2 Å². The van der Waals surface area contributed by atoms with E-state index in [0.717, 1.165) is 35.7 Å². The molecular weight excluding hydrogens is 495 g/mol. The van der Waals surface area contributed by atoms with Crippen molar-refractivity contribution in [1.29, 1.82) is 0 Å². The Balaban J connectivity index is 1.47. The highest BCUT2D eigenvalue weighted by molar-refractivity contribution is 8.15. The van der Waals surface area contributed by atoms with E-state index in [4.69, 9.17) is 4.42 Å². The number of nitrogens with zero attached hydrogens (tertiary/aromatic N) is 3. The Labute approximate surface area is 199 Å². The van der Waals surface area contributed by atoms with Crippen LogP contribution >= 0.6 is 23.5 Å². The lowest BCUT2D eigenvalue weighted by molar-refractivity contribution is -0.137. The Hall–Kier alpha value is -3.26. The Kier molecular flexibility index (Phi) is 6.97. The fourth-order valence-corrected chi connectivity index (χ4v) is 4.75. The molecule has 9 nitrogen and oxygen atoms in total. The lowest BCUT2D eigenvalue weighted by Crippen LogP contribution is -2.33. The molecule has 2 aliphatic heterocycles. The minimum Gasteiger partial charge on any atom is -0.467 e. The molecule has 0 spiro atoms. The van der Waals surface area contributed by atoms with Gasteiger partial charge in [-0.2, -0.15) is 13.2 Å². The van der Waals surface area contributed by atoms with Crippen molar-refractivity contribution in [2.75, 3.05) is 11.1 Å². The van der Waals surface area contributed by atoms with Crippen LogP contribution in [0.4, 0.5) is 18.9 Å². The first-order chi connectivity index (χ1) is 16.2. The van der Waals surface area contributed by atoms with Gasteiger partial charge < -0.3 is 15.1 Å². The number of carbonyl (C=O) groups is 3. The van der Waals surface area contributed by atoms with Gasteiger partial charge in [0, 0.05) is 12.1 Å². The molecule has 34 heavy (non-hydrogen) atoms. The molecule has 0 saturated carbocycles. The van der Waals surface area contributed by atoms with Crippen LogP contribution < -0.4 is 10.6 Å². The molecule has 0 aliphatic carbocycles. The molecule has 178 valence electrons. The summed E-state index contributed by atoms with van der Waals surface area (Å²) < 4.78 is 44.0. The van der Waals surface area contributed by atoms with E-state index in [0.29, 0.717) is 5.76 Å². The Morgan fingerprint density at radius 2 is 2.06 bits per heavy atom. The average Bonchev–Trinajstić information content (AvgIpc) is 3.50. The molecule has 1 aromatic heterocycles. The number of amides is 3. The van der Waals surface area contributed by atoms with Gasteiger partial charge in [-0.15, -0.1) is 10.2 Å². The third-order valence-corrected chi connectivity index (χ3v) is 6.60. The molecule has 0 bridgehead atoms. The normalized spacial score (nSPS) is 20.9. The lowest BCUT2D eigenvalue weighted by atomic mass is 10.2. The molecule has 4 rings (SSSR count). The van der Waals surface area contributed by atoms with E-state index in [1.165, 1.54) is 23.3 Å². The highest BCUT2D eigenvalue weighted by Crippen LogP contribution is 2.33. The van der Waals surface area contributed by atoms with Crippen molar-refractivity contribution in [3.63, 3.8) is 0 Å². The van der Waals surface area contributed by atoms with Crippen molar-refractivity contribution in [3.8, 4) is 0 Å². The number of halogens is 3. The summed E-state index contributed by atoms with van der Waals surface area (Å²) in [7, 11) is 0. The van der Waals surface area contributed by atoms with Crippen LogP contribution in [0.2, 0.25) is 0 Å². The van der Waals surface area contributed by atoms with Crippen LogP contribution in [0.5, 0.6) is 0 Å². The number of carbonyl (C=O) groups excluding carboxylic acids is 3. The van der Waals surface area contributed by atoms with E-state index < -0.39 is 28.8 Å². The number of rotatable bonds is 6. The maximum Gasteiger partial charge on any atom is 0.416 e. The number of benzene rings is 1. The second-order valence-corrected chi connectivity index (χ2v) is 9.20. The number of hydrogen-bond acceptors (Lipinski definition) is 8.